The van der Waals surface area contributed by atoms with E-state index in [1.807, 2.05) is 23.7 Å². The zero-order chi connectivity index (χ0) is 17.9. The first-order valence-electron chi connectivity index (χ1n) is 8.33. The summed E-state index contributed by atoms with van der Waals surface area (Å²) < 4.78 is 15.2. The quantitative estimate of drug-likeness (QED) is 0.382. The largest absolute Gasteiger partial charge is 0.347 e. The molecule has 0 aliphatic heterocycles. The van der Waals surface area contributed by atoms with Crippen molar-refractivity contribution in [3.05, 3.63) is 71.5 Å². The third-order valence-corrected chi connectivity index (χ3v) is 4.92. The van der Waals surface area contributed by atoms with E-state index >= 15 is 0 Å². The highest BCUT2D eigenvalue weighted by Gasteiger charge is 2.06. The van der Waals surface area contributed by atoms with Crippen LogP contribution < -0.4 is 5.43 Å². The maximum Gasteiger partial charge on any atom is 0.203 e. The van der Waals surface area contributed by atoms with Crippen LogP contribution in [-0.4, -0.2) is 15.8 Å². The molecule has 0 saturated heterocycles. The van der Waals surface area contributed by atoms with E-state index in [0.29, 0.717) is 5.13 Å². The van der Waals surface area contributed by atoms with Crippen LogP contribution in [0.5, 0.6) is 0 Å². The molecule has 2 aromatic carbocycles. The molecular formula is C20H17FN4S. The highest BCUT2D eigenvalue weighted by atomic mass is 32.1. The van der Waals surface area contributed by atoms with Crippen LogP contribution in [0.2, 0.25) is 0 Å². The molecule has 0 spiro atoms. The van der Waals surface area contributed by atoms with Gasteiger partial charge in [0.1, 0.15) is 5.82 Å². The molecule has 0 radical (unpaired) electrons. The molecule has 4 nitrogen and oxygen atoms in total. The van der Waals surface area contributed by atoms with Crippen LogP contribution in [0.1, 0.15) is 12.5 Å². The summed E-state index contributed by atoms with van der Waals surface area (Å²) in [7, 11) is 0. The first kappa shape index (κ1) is 16.5. The molecule has 0 aliphatic carbocycles. The van der Waals surface area contributed by atoms with Gasteiger partial charge in [-0.1, -0.05) is 18.2 Å². The third kappa shape index (κ3) is 3.23. The van der Waals surface area contributed by atoms with Crippen molar-refractivity contribution in [2.45, 2.75) is 13.5 Å². The number of hydrazone groups is 1. The zero-order valence-electron chi connectivity index (χ0n) is 14.2. The monoisotopic (exact) mass is 364 g/mol. The molecule has 4 aromatic rings. The summed E-state index contributed by atoms with van der Waals surface area (Å²) in [5.74, 6) is -0.252. The summed E-state index contributed by atoms with van der Waals surface area (Å²) in [6.45, 7) is 3.04. The second kappa shape index (κ2) is 7.09. The predicted octanol–water partition coefficient (Wildman–Crippen LogP) is 5.37. The summed E-state index contributed by atoms with van der Waals surface area (Å²) in [5.41, 5.74) is 6.92. The summed E-state index contributed by atoms with van der Waals surface area (Å²) in [6.07, 6.45) is 3.91. The Hall–Kier alpha value is -2.99. The summed E-state index contributed by atoms with van der Waals surface area (Å²) in [6, 6.07) is 14.6. The SMILES string of the molecule is CCn1cc(/C=N\Nc2nc(-c3ccc(F)cc3)cs2)c2ccccc21. The maximum absolute atomic E-state index is 13.0. The molecule has 26 heavy (non-hydrogen) atoms. The molecule has 0 atom stereocenters. The highest BCUT2D eigenvalue weighted by molar-refractivity contribution is 7.14. The fourth-order valence-electron chi connectivity index (χ4n) is 2.88. The topological polar surface area (TPSA) is 42.2 Å². The normalized spacial score (nSPS) is 11.5. The number of para-hydroxylation sites is 1. The first-order valence-corrected chi connectivity index (χ1v) is 9.21. The van der Waals surface area contributed by atoms with E-state index in [9.17, 15) is 4.39 Å². The number of benzene rings is 2. The van der Waals surface area contributed by atoms with Gasteiger partial charge in [0, 0.05) is 40.2 Å². The van der Waals surface area contributed by atoms with Gasteiger partial charge < -0.3 is 4.57 Å². The Morgan fingerprint density at radius 3 is 2.81 bits per heavy atom. The number of aryl methyl sites for hydroxylation is 1. The fourth-order valence-corrected chi connectivity index (χ4v) is 3.54. The lowest BCUT2D eigenvalue weighted by atomic mass is 10.2. The number of nitrogens with zero attached hydrogens (tertiary/aromatic N) is 3. The van der Waals surface area contributed by atoms with E-state index in [1.54, 1.807) is 12.1 Å². The van der Waals surface area contributed by atoms with Gasteiger partial charge >= 0.3 is 0 Å². The lowest BCUT2D eigenvalue weighted by molar-refractivity contribution is 0.628. The minimum absolute atomic E-state index is 0.252. The standard InChI is InChI=1S/C20H17FN4S/c1-2-25-12-15(17-5-3-4-6-19(17)25)11-22-24-20-23-18(13-26-20)14-7-9-16(21)10-8-14/h3-13H,2H2,1H3,(H,23,24)/b22-11-. The molecule has 0 amide bonds. The van der Waals surface area contributed by atoms with Crippen molar-refractivity contribution in [2.75, 3.05) is 5.43 Å². The van der Waals surface area contributed by atoms with Gasteiger partial charge in [-0.2, -0.15) is 5.10 Å². The molecule has 6 heteroatoms. The van der Waals surface area contributed by atoms with Crippen molar-refractivity contribution in [2.24, 2.45) is 5.10 Å². The molecule has 1 N–H and O–H groups in total. The Balaban J connectivity index is 1.52. The molecular weight excluding hydrogens is 347 g/mol. The Kier molecular flexibility index (Phi) is 4.50. The van der Waals surface area contributed by atoms with Crippen LogP contribution in [-0.2, 0) is 6.54 Å². The lowest BCUT2D eigenvalue weighted by Gasteiger charge is -1.97. The van der Waals surface area contributed by atoms with Crippen LogP contribution in [0.15, 0.2) is 65.2 Å². The summed E-state index contributed by atoms with van der Waals surface area (Å²) >= 11 is 1.46. The van der Waals surface area contributed by atoms with Crippen molar-refractivity contribution < 1.29 is 4.39 Å². The minimum Gasteiger partial charge on any atom is -0.347 e. The average Bonchev–Trinajstić information content (AvgIpc) is 3.28. The number of aromatic nitrogens is 2. The van der Waals surface area contributed by atoms with Gasteiger partial charge in [0.2, 0.25) is 5.13 Å². The van der Waals surface area contributed by atoms with E-state index < -0.39 is 0 Å². The Bertz CT molecular complexity index is 1060. The van der Waals surface area contributed by atoms with Gasteiger partial charge in [0.25, 0.3) is 0 Å². The second-order valence-corrected chi connectivity index (χ2v) is 6.66. The maximum atomic E-state index is 13.0. The predicted molar refractivity (Wildman–Crippen MR) is 106 cm³/mol. The lowest BCUT2D eigenvalue weighted by Crippen LogP contribution is -1.91. The molecule has 4 rings (SSSR count). The Morgan fingerprint density at radius 2 is 2.00 bits per heavy atom. The van der Waals surface area contributed by atoms with Crippen LogP contribution >= 0.6 is 11.3 Å². The van der Waals surface area contributed by atoms with Gasteiger partial charge in [0.15, 0.2) is 0 Å². The van der Waals surface area contributed by atoms with Crippen molar-refractivity contribution >= 4 is 33.6 Å². The van der Waals surface area contributed by atoms with E-state index in [0.717, 1.165) is 23.4 Å². The number of fused-ring (bicyclic) bond motifs is 1. The number of nitrogens with one attached hydrogen (secondary N) is 1. The van der Waals surface area contributed by atoms with Gasteiger partial charge in [-0.3, -0.25) is 5.43 Å². The van der Waals surface area contributed by atoms with E-state index in [2.05, 4.69) is 45.3 Å². The van der Waals surface area contributed by atoms with Crippen LogP contribution in [0.4, 0.5) is 9.52 Å². The van der Waals surface area contributed by atoms with Gasteiger partial charge in [-0.05, 0) is 37.3 Å². The Labute approximate surface area is 154 Å². The molecule has 0 aliphatic rings. The van der Waals surface area contributed by atoms with Crippen LogP contribution in [0.3, 0.4) is 0 Å². The van der Waals surface area contributed by atoms with Crippen LogP contribution in [0.25, 0.3) is 22.2 Å². The van der Waals surface area contributed by atoms with E-state index in [-0.39, 0.29) is 5.82 Å². The molecule has 130 valence electrons. The molecule has 0 saturated carbocycles. The van der Waals surface area contributed by atoms with E-state index in [1.165, 1.54) is 34.4 Å². The second-order valence-electron chi connectivity index (χ2n) is 5.80. The van der Waals surface area contributed by atoms with Crippen molar-refractivity contribution in [1.82, 2.24) is 9.55 Å². The number of hydrogen-bond acceptors (Lipinski definition) is 4. The fraction of sp³-hybridized carbons (Fsp3) is 0.100. The number of thiazole rings is 1. The summed E-state index contributed by atoms with van der Waals surface area (Å²) in [4.78, 5) is 4.49. The Morgan fingerprint density at radius 1 is 1.19 bits per heavy atom. The molecule has 0 fully saturated rings. The highest BCUT2D eigenvalue weighted by Crippen LogP contribution is 2.25. The van der Waals surface area contributed by atoms with Gasteiger partial charge in [-0.15, -0.1) is 11.3 Å². The average molecular weight is 364 g/mol. The van der Waals surface area contributed by atoms with Gasteiger partial charge in [-0.25, -0.2) is 9.37 Å². The number of hydrogen-bond donors (Lipinski definition) is 1. The molecule has 2 aromatic heterocycles. The van der Waals surface area contributed by atoms with Crippen molar-refractivity contribution in [3.8, 4) is 11.3 Å². The van der Waals surface area contributed by atoms with E-state index in [4.69, 9.17) is 0 Å². The summed E-state index contributed by atoms with van der Waals surface area (Å²) in [5, 5.41) is 8.12. The molecule has 0 unspecified atom stereocenters. The smallest absolute Gasteiger partial charge is 0.203 e. The van der Waals surface area contributed by atoms with Crippen molar-refractivity contribution in [3.63, 3.8) is 0 Å². The zero-order valence-corrected chi connectivity index (χ0v) is 15.0. The number of halogens is 1. The third-order valence-electron chi connectivity index (χ3n) is 4.17. The first-order chi connectivity index (χ1) is 12.7. The molecule has 0 bridgehead atoms. The van der Waals surface area contributed by atoms with Crippen LogP contribution in [0, 0.1) is 5.82 Å². The number of anilines is 1. The van der Waals surface area contributed by atoms with Crippen molar-refractivity contribution in [1.29, 1.82) is 0 Å². The number of rotatable bonds is 5. The van der Waals surface area contributed by atoms with Gasteiger partial charge in [0.05, 0.1) is 11.9 Å². The minimum atomic E-state index is -0.252. The molecule has 2 heterocycles.